The van der Waals surface area contributed by atoms with Crippen LogP contribution in [0.25, 0.3) is 0 Å². The molecule has 84 valence electrons. The number of halogens is 1. The van der Waals surface area contributed by atoms with Gasteiger partial charge < -0.3 is 0 Å². The minimum Gasteiger partial charge on any atom is -0.258 e. The molecule has 0 heterocycles. The molecular formula is C9H12FNO3S. The van der Waals surface area contributed by atoms with Gasteiger partial charge in [0, 0.05) is 5.92 Å². The zero-order valence-corrected chi connectivity index (χ0v) is 9.00. The molecule has 0 radical (unpaired) electrons. The highest BCUT2D eigenvalue weighted by Crippen LogP contribution is 2.16. The largest absolute Gasteiger partial charge is 0.333 e. The number of hydrogen-bond donors (Lipinski definition) is 1. The van der Waals surface area contributed by atoms with E-state index < -0.39 is 10.3 Å². The SMILES string of the molecule is CC(COS(N)(=O)=O)c1ccc(F)cc1. The van der Waals surface area contributed by atoms with Crippen molar-refractivity contribution in [1.82, 2.24) is 0 Å². The van der Waals surface area contributed by atoms with Crippen LogP contribution in [0.4, 0.5) is 4.39 Å². The molecule has 4 nitrogen and oxygen atoms in total. The van der Waals surface area contributed by atoms with Crippen molar-refractivity contribution in [2.75, 3.05) is 6.61 Å². The van der Waals surface area contributed by atoms with Gasteiger partial charge in [0.1, 0.15) is 5.82 Å². The van der Waals surface area contributed by atoms with E-state index in [-0.39, 0.29) is 18.3 Å². The fourth-order valence-corrected chi connectivity index (χ4v) is 1.48. The predicted molar refractivity (Wildman–Crippen MR) is 53.9 cm³/mol. The van der Waals surface area contributed by atoms with E-state index in [1.165, 1.54) is 12.1 Å². The topological polar surface area (TPSA) is 69.4 Å². The Bertz CT molecular complexity index is 415. The Morgan fingerprint density at radius 1 is 1.40 bits per heavy atom. The van der Waals surface area contributed by atoms with Crippen LogP contribution in [0.2, 0.25) is 0 Å². The van der Waals surface area contributed by atoms with Crippen LogP contribution in [0.3, 0.4) is 0 Å². The van der Waals surface area contributed by atoms with E-state index in [0.717, 1.165) is 5.56 Å². The molecule has 0 saturated carbocycles. The molecule has 0 saturated heterocycles. The van der Waals surface area contributed by atoms with Crippen LogP contribution in [0.15, 0.2) is 24.3 Å². The first-order chi connectivity index (χ1) is 6.88. The molecule has 0 aromatic heterocycles. The van der Waals surface area contributed by atoms with E-state index in [1.54, 1.807) is 19.1 Å². The van der Waals surface area contributed by atoms with Crippen molar-refractivity contribution in [3.05, 3.63) is 35.6 Å². The molecule has 0 aliphatic carbocycles. The highest BCUT2D eigenvalue weighted by molar-refractivity contribution is 7.84. The van der Waals surface area contributed by atoms with E-state index in [1.807, 2.05) is 0 Å². The van der Waals surface area contributed by atoms with E-state index >= 15 is 0 Å². The number of benzene rings is 1. The summed E-state index contributed by atoms with van der Waals surface area (Å²) in [4.78, 5) is 0. The molecule has 1 rings (SSSR count). The Morgan fingerprint density at radius 3 is 2.40 bits per heavy atom. The first-order valence-electron chi connectivity index (χ1n) is 4.31. The summed E-state index contributed by atoms with van der Waals surface area (Å²) in [6.45, 7) is 1.71. The summed E-state index contributed by atoms with van der Waals surface area (Å²) in [6, 6.07) is 5.77. The molecule has 0 aliphatic rings. The van der Waals surface area contributed by atoms with Gasteiger partial charge in [-0.25, -0.2) is 9.53 Å². The van der Waals surface area contributed by atoms with Crippen molar-refractivity contribution in [2.24, 2.45) is 5.14 Å². The maximum absolute atomic E-state index is 12.6. The molecule has 0 fully saturated rings. The lowest BCUT2D eigenvalue weighted by Gasteiger charge is -2.10. The van der Waals surface area contributed by atoms with Gasteiger partial charge in [-0.2, -0.15) is 8.42 Å². The van der Waals surface area contributed by atoms with E-state index in [9.17, 15) is 12.8 Å². The molecule has 1 aromatic rings. The Balaban J connectivity index is 2.61. The molecule has 1 aromatic carbocycles. The van der Waals surface area contributed by atoms with Crippen molar-refractivity contribution in [2.45, 2.75) is 12.8 Å². The Labute approximate surface area is 88.1 Å². The van der Waals surface area contributed by atoms with Crippen LogP contribution in [-0.2, 0) is 14.5 Å². The Kier molecular flexibility index (Phi) is 3.78. The summed E-state index contributed by atoms with van der Waals surface area (Å²) in [5, 5.41) is 4.68. The lowest BCUT2D eigenvalue weighted by molar-refractivity contribution is 0.299. The smallest absolute Gasteiger partial charge is 0.258 e. The van der Waals surface area contributed by atoms with Gasteiger partial charge in [0.25, 0.3) is 0 Å². The number of hydrogen-bond acceptors (Lipinski definition) is 3. The summed E-state index contributed by atoms with van der Waals surface area (Å²) in [6.07, 6.45) is 0. The van der Waals surface area contributed by atoms with Gasteiger partial charge in [-0.1, -0.05) is 19.1 Å². The fourth-order valence-electron chi connectivity index (χ4n) is 1.08. The Morgan fingerprint density at radius 2 is 1.93 bits per heavy atom. The predicted octanol–water partition coefficient (Wildman–Crippen LogP) is 1.15. The molecule has 15 heavy (non-hydrogen) atoms. The van der Waals surface area contributed by atoms with Crippen molar-refractivity contribution in [3.63, 3.8) is 0 Å². The van der Waals surface area contributed by atoms with Crippen LogP contribution >= 0.6 is 0 Å². The van der Waals surface area contributed by atoms with Crippen LogP contribution in [-0.4, -0.2) is 15.0 Å². The molecule has 2 N–H and O–H groups in total. The second kappa shape index (κ2) is 4.69. The lowest BCUT2D eigenvalue weighted by Crippen LogP contribution is -2.18. The summed E-state index contributed by atoms with van der Waals surface area (Å²) in [7, 11) is -3.91. The highest BCUT2D eigenvalue weighted by Gasteiger charge is 2.10. The van der Waals surface area contributed by atoms with Gasteiger partial charge in [0.05, 0.1) is 6.61 Å². The average Bonchev–Trinajstić information content (AvgIpc) is 2.14. The molecular weight excluding hydrogens is 221 g/mol. The van der Waals surface area contributed by atoms with Crippen molar-refractivity contribution >= 4 is 10.3 Å². The van der Waals surface area contributed by atoms with E-state index in [4.69, 9.17) is 0 Å². The first kappa shape index (κ1) is 12.1. The zero-order valence-electron chi connectivity index (χ0n) is 8.18. The highest BCUT2D eigenvalue weighted by atomic mass is 32.2. The minimum absolute atomic E-state index is 0.0511. The first-order valence-corrected chi connectivity index (χ1v) is 5.78. The standard InChI is InChI=1S/C9H12FNO3S/c1-7(6-14-15(11,12)13)8-2-4-9(10)5-3-8/h2-5,7H,6H2,1H3,(H2,11,12,13). The lowest BCUT2D eigenvalue weighted by atomic mass is 10.0. The van der Waals surface area contributed by atoms with Crippen LogP contribution in [0, 0.1) is 5.82 Å². The zero-order chi connectivity index (χ0) is 11.5. The maximum Gasteiger partial charge on any atom is 0.333 e. The monoisotopic (exact) mass is 233 g/mol. The van der Waals surface area contributed by atoms with Gasteiger partial charge in [-0.3, -0.25) is 4.18 Å². The van der Waals surface area contributed by atoms with E-state index in [0.29, 0.717) is 0 Å². The molecule has 0 spiro atoms. The fraction of sp³-hybridized carbons (Fsp3) is 0.333. The maximum atomic E-state index is 12.6. The Hall–Kier alpha value is -0.980. The van der Waals surface area contributed by atoms with Crippen molar-refractivity contribution < 1.29 is 17.0 Å². The van der Waals surface area contributed by atoms with Crippen molar-refractivity contribution in [1.29, 1.82) is 0 Å². The quantitative estimate of drug-likeness (QED) is 0.848. The van der Waals surface area contributed by atoms with Crippen LogP contribution in [0.5, 0.6) is 0 Å². The molecule has 0 amide bonds. The third-order valence-electron chi connectivity index (χ3n) is 1.92. The third kappa shape index (κ3) is 4.37. The summed E-state index contributed by atoms with van der Waals surface area (Å²) in [5.74, 6) is -0.498. The molecule has 1 unspecified atom stereocenters. The van der Waals surface area contributed by atoms with Gasteiger partial charge in [0.15, 0.2) is 0 Å². The molecule has 0 aliphatic heterocycles. The number of nitrogens with two attached hydrogens (primary N) is 1. The second-order valence-electron chi connectivity index (χ2n) is 3.23. The van der Waals surface area contributed by atoms with E-state index in [2.05, 4.69) is 9.32 Å². The van der Waals surface area contributed by atoms with Gasteiger partial charge in [-0.15, -0.1) is 0 Å². The summed E-state index contributed by atoms with van der Waals surface area (Å²) < 4.78 is 38.0. The third-order valence-corrected chi connectivity index (χ3v) is 2.39. The average molecular weight is 233 g/mol. The molecule has 1 atom stereocenters. The normalized spacial score (nSPS) is 13.8. The van der Waals surface area contributed by atoms with Gasteiger partial charge in [-0.05, 0) is 17.7 Å². The summed E-state index contributed by atoms with van der Waals surface area (Å²) >= 11 is 0. The summed E-state index contributed by atoms with van der Waals surface area (Å²) in [5.41, 5.74) is 0.792. The van der Waals surface area contributed by atoms with Crippen LogP contribution in [0.1, 0.15) is 18.4 Å². The minimum atomic E-state index is -3.91. The molecule has 0 bridgehead atoms. The van der Waals surface area contributed by atoms with Gasteiger partial charge in [0.2, 0.25) is 0 Å². The number of rotatable bonds is 4. The van der Waals surface area contributed by atoms with Gasteiger partial charge >= 0.3 is 10.3 Å². The van der Waals surface area contributed by atoms with Crippen molar-refractivity contribution in [3.8, 4) is 0 Å². The second-order valence-corrected chi connectivity index (χ2v) is 4.45. The van der Waals surface area contributed by atoms with Crippen LogP contribution < -0.4 is 5.14 Å². The molecule has 6 heteroatoms.